The third kappa shape index (κ3) is 10.8. The maximum absolute atomic E-state index is 14.5. The second kappa shape index (κ2) is 19.0. The zero-order valence-corrected chi connectivity index (χ0v) is 35.4. The van der Waals surface area contributed by atoms with E-state index in [-0.39, 0.29) is 43.5 Å². The summed E-state index contributed by atoms with van der Waals surface area (Å²) in [6, 6.07) is 19.0. The minimum absolute atomic E-state index is 0. The zero-order valence-electron chi connectivity index (χ0n) is 30.6. The van der Waals surface area contributed by atoms with Crippen molar-refractivity contribution in [3.05, 3.63) is 89.3 Å². The Kier molecular flexibility index (Phi) is 16.4. The Morgan fingerprint density at radius 1 is 0.939 bits per heavy atom. The summed E-state index contributed by atoms with van der Waals surface area (Å²) in [5, 5.41) is 11.5. The van der Waals surface area contributed by atoms with Crippen LogP contribution in [0.25, 0.3) is 33.4 Å². The molecule has 1 radical (unpaired) electrons. The Bertz CT molecular complexity index is 1710. The summed E-state index contributed by atoms with van der Waals surface area (Å²) in [6.45, 7) is 19.7. The van der Waals surface area contributed by atoms with Crippen LogP contribution in [0.5, 0.6) is 0 Å². The van der Waals surface area contributed by atoms with Gasteiger partial charge in [0, 0.05) is 38.0 Å². The third-order valence-electron chi connectivity index (χ3n) is 8.84. The van der Waals surface area contributed by atoms with Crippen molar-refractivity contribution in [2.24, 2.45) is 11.8 Å². The van der Waals surface area contributed by atoms with Crippen LogP contribution in [-0.2, 0) is 24.9 Å². The molecule has 0 aliphatic carbocycles. The molecular weight excluding hydrogens is 854 g/mol. The first-order chi connectivity index (χ1) is 22.7. The Balaban J connectivity index is 0.000000444. The molecule has 49 heavy (non-hydrogen) atoms. The molecule has 0 unspecified atom stereocenters. The molecule has 1 aromatic heterocycles. The predicted molar refractivity (Wildman–Crippen MR) is 198 cm³/mol. The van der Waals surface area contributed by atoms with Crippen molar-refractivity contribution in [1.82, 2.24) is 9.97 Å². The molecule has 0 aliphatic heterocycles. The number of ketones is 1. The molecule has 265 valence electrons. The molecule has 9 heteroatoms. The average molecular weight is 906 g/mol. The van der Waals surface area contributed by atoms with Crippen molar-refractivity contribution >= 4 is 39.7 Å². The Labute approximate surface area is 312 Å². The number of carbonyl (C=O) groups is 1. The van der Waals surface area contributed by atoms with E-state index >= 15 is 0 Å². The van der Waals surface area contributed by atoms with Crippen molar-refractivity contribution in [3.63, 3.8) is 0 Å². The normalized spacial score (nSPS) is 11.7. The van der Waals surface area contributed by atoms with Gasteiger partial charge in [0.15, 0.2) is 5.78 Å². The van der Waals surface area contributed by atoms with Crippen LogP contribution in [0.2, 0.25) is 0 Å². The first-order valence-electron chi connectivity index (χ1n) is 17.0. The van der Waals surface area contributed by atoms with E-state index in [0.717, 1.165) is 58.8 Å². The van der Waals surface area contributed by atoms with Gasteiger partial charge in [-0.15, -0.1) is 0 Å². The van der Waals surface area contributed by atoms with Crippen LogP contribution in [0.1, 0.15) is 90.8 Å². The van der Waals surface area contributed by atoms with Crippen molar-refractivity contribution in [2.45, 2.75) is 100 Å². The van der Waals surface area contributed by atoms with Crippen LogP contribution < -0.4 is 3.61 Å². The van der Waals surface area contributed by atoms with E-state index in [9.17, 15) is 16.5 Å². The van der Waals surface area contributed by atoms with E-state index in [4.69, 9.17) is 4.98 Å². The average Bonchev–Trinajstić information content (AvgIpc) is 3.01. The van der Waals surface area contributed by atoms with Crippen molar-refractivity contribution < 1.29 is 36.6 Å². The number of rotatable bonds is 11. The van der Waals surface area contributed by atoms with E-state index in [2.05, 4.69) is 44.0 Å². The minimum atomic E-state index is -4.73. The monoisotopic (exact) mass is 905 g/mol. The largest absolute Gasteiger partial charge is 0 e. The molecule has 0 spiro atoms. The topological polar surface area (TPSA) is 66.3 Å². The summed E-state index contributed by atoms with van der Waals surface area (Å²) in [6.07, 6.45) is 6.61. The zero-order chi connectivity index (χ0) is 35.8. The number of benzene rings is 3. The summed E-state index contributed by atoms with van der Waals surface area (Å²) in [5.41, 5.74) is 5.50. The second-order valence-electron chi connectivity index (χ2n) is 13.5. The van der Waals surface area contributed by atoms with Crippen LogP contribution in [-0.4, -0.2) is 43.9 Å². The molecule has 0 bridgehead atoms. The standard InChI is InChI=1S/C27H27N3.C13H24O2.2FH.Ga.Ir/c1-17-13-18(2)25(19(3)14-17)23-11-12-28-26(29-23)22-15-20-9-7-8-10-21(20)16-24(22)30-27(4,5)6;1-5-10(6-2)12(14)9-13(15)11(7-3)8-4;;;;/h7-14,16H,1-6H3;9-11,14H,5-8H2,1-4H3;2*1H;;/q-2;;;;+3;/p-2/b;12-9-;;;;. The number of carbonyl (C=O) groups excluding carboxylic acids is 1. The number of aliphatic hydroxyl groups is 1. The number of aromatic nitrogens is 2. The van der Waals surface area contributed by atoms with Gasteiger partial charge in [0.1, 0.15) is 0 Å². The van der Waals surface area contributed by atoms with Crippen LogP contribution >= 0.6 is 0 Å². The van der Waals surface area contributed by atoms with Gasteiger partial charge in [-0.05, 0) is 25.7 Å². The van der Waals surface area contributed by atoms with Crippen LogP contribution in [0.15, 0.2) is 66.6 Å². The molecule has 0 saturated carbocycles. The number of anilines is 1. The Hall–Kier alpha value is -2.84. The maximum Gasteiger partial charge on any atom is 0 e. The fourth-order valence-corrected chi connectivity index (χ4v) is 8.35. The first kappa shape index (κ1) is 42.3. The number of aliphatic hydroxyl groups excluding tert-OH is 1. The van der Waals surface area contributed by atoms with E-state index < -0.39 is 23.0 Å². The number of nitrogens with zero attached hydrogens (tertiary/aromatic N) is 3. The van der Waals surface area contributed by atoms with E-state index in [1.54, 1.807) is 6.20 Å². The van der Waals surface area contributed by atoms with Gasteiger partial charge in [-0.25, -0.2) is 0 Å². The Morgan fingerprint density at radius 2 is 1.51 bits per heavy atom. The SMILES string of the molecule is CCC(CC)C(=O)/C=C(\O)C(CC)CC.Cc1cc(C)c(-c2ccnc(-c3[c-]c4ccccc4cc3[N]([Ga]([F])[F])C(C)(C)C)n2)c(C)c1.[Ir]. The number of hydrogen-bond donors (Lipinski definition) is 1. The number of halogens is 2. The van der Waals surface area contributed by atoms with Gasteiger partial charge in [0.05, 0.1) is 5.76 Å². The summed E-state index contributed by atoms with van der Waals surface area (Å²) in [4.78, 5) is 21.1. The van der Waals surface area contributed by atoms with Crippen LogP contribution in [0.3, 0.4) is 0 Å². The molecule has 0 fully saturated rings. The summed E-state index contributed by atoms with van der Waals surface area (Å²) in [5.74, 6) is 0.955. The molecule has 0 saturated heterocycles. The van der Waals surface area contributed by atoms with Crippen LogP contribution in [0, 0.1) is 38.7 Å². The molecule has 5 nitrogen and oxygen atoms in total. The maximum atomic E-state index is 14.5. The van der Waals surface area contributed by atoms with Crippen molar-refractivity contribution in [2.75, 3.05) is 3.61 Å². The van der Waals surface area contributed by atoms with Gasteiger partial charge in [-0.3, -0.25) is 4.79 Å². The molecule has 1 N–H and O–H groups in total. The first-order valence-corrected chi connectivity index (χ1v) is 20.0. The summed E-state index contributed by atoms with van der Waals surface area (Å²) < 4.78 is 30.3. The fraction of sp³-hybridized carbons (Fsp3) is 0.425. The van der Waals surface area contributed by atoms with E-state index in [0.29, 0.717) is 17.1 Å². The predicted octanol–water partition coefficient (Wildman–Crippen LogP) is 11.1. The van der Waals surface area contributed by atoms with Gasteiger partial charge in [-0.2, -0.15) is 0 Å². The quantitative estimate of drug-likeness (QED) is 0.0703. The minimum Gasteiger partial charge on any atom is 0 e. The molecule has 0 aliphatic rings. The molecule has 1 heterocycles. The van der Waals surface area contributed by atoms with Crippen molar-refractivity contribution in [1.29, 1.82) is 0 Å². The number of fused-ring (bicyclic) bond motifs is 1. The molecule has 0 amide bonds. The van der Waals surface area contributed by atoms with Crippen molar-refractivity contribution in [3.8, 4) is 22.6 Å². The van der Waals surface area contributed by atoms with Gasteiger partial charge in [-0.1, -0.05) is 27.7 Å². The van der Waals surface area contributed by atoms with Gasteiger partial charge in [0.2, 0.25) is 0 Å². The number of aryl methyl sites for hydroxylation is 3. The summed E-state index contributed by atoms with van der Waals surface area (Å²) >= 11 is -4.73. The summed E-state index contributed by atoms with van der Waals surface area (Å²) in [7, 11) is 0. The van der Waals surface area contributed by atoms with Gasteiger partial charge in [0.25, 0.3) is 0 Å². The molecule has 4 aromatic rings. The second-order valence-corrected chi connectivity index (χ2v) is 15.7. The number of allylic oxidation sites excluding steroid dienone is 2. The van der Waals surface area contributed by atoms with E-state index in [1.165, 1.54) is 15.2 Å². The fourth-order valence-electron chi connectivity index (χ4n) is 6.26. The van der Waals surface area contributed by atoms with Crippen LogP contribution in [0.4, 0.5) is 12.3 Å². The molecular formula is C40H51F2GaIrN3O2-. The molecule has 4 rings (SSSR count). The third-order valence-corrected chi connectivity index (χ3v) is 11.9. The number of hydrogen-bond acceptors (Lipinski definition) is 5. The molecule has 0 atom stereocenters. The molecule has 3 aromatic carbocycles. The van der Waals surface area contributed by atoms with E-state index in [1.807, 2.05) is 84.9 Å². The van der Waals surface area contributed by atoms with Gasteiger partial charge >= 0.3 is 201 Å². The van der Waals surface area contributed by atoms with Gasteiger partial charge < -0.3 is 5.11 Å². The Morgan fingerprint density at radius 3 is 2.04 bits per heavy atom. The smallest absolute Gasteiger partial charge is 0 e.